The zero-order chi connectivity index (χ0) is 15.4. The van der Waals surface area contributed by atoms with Crippen molar-refractivity contribution in [1.29, 1.82) is 0 Å². The van der Waals surface area contributed by atoms with Crippen molar-refractivity contribution in [3.8, 4) is 0 Å². The molecular formula is C15H26N2O2S. The van der Waals surface area contributed by atoms with Crippen LogP contribution in [0.1, 0.15) is 33.3 Å². The molecule has 0 spiro atoms. The van der Waals surface area contributed by atoms with Crippen molar-refractivity contribution < 1.29 is 8.42 Å². The van der Waals surface area contributed by atoms with Crippen molar-refractivity contribution in [2.24, 2.45) is 11.3 Å². The fourth-order valence-electron chi connectivity index (χ4n) is 1.61. The second-order valence-electron chi connectivity index (χ2n) is 6.29. The van der Waals surface area contributed by atoms with Crippen LogP contribution in [0.15, 0.2) is 29.2 Å². The molecule has 114 valence electrons. The van der Waals surface area contributed by atoms with Gasteiger partial charge in [0.25, 0.3) is 0 Å². The molecule has 2 N–H and O–H groups in total. The molecule has 1 unspecified atom stereocenters. The summed E-state index contributed by atoms with van der Waals surface area (Å²) in [5.74, 6) is 0.265. The van der Waals surface area contributed by atoms with E-state index in [1.807, 2.05) is 19.2 Å². The summed E-state index contributed by atoms with van der Waals surface area (Å²) in [7, 11) is -1.56. The number of benzene rings is 1. The van der Waals surface area contributed by atoms with E-state index in [1.165, 1.54) is 0 Å². The van der Waals surface area contributed by atoms with Crippen LogP contribution in [0, 0.1) is 11.3 Å². The fourth-order valence-corrected chi connectivity index (χ4v) is 2.75. The lowest BCUT2D eigenvalue weighted by molar-refractivity contribution is 0.263. The minimum atomic E-state index is -3.42. The van der Waals surface area contributed by atoms with Gasteiger partial charge in [0.05, 0.1) is 4.90 Å². The molecular weight excluding hydrogens is 272 g/mol. The predicted octanol–water partition coefficient (Wildman–Crippen LogP) is 2.37. The summed E-state index contributed by atoms with van der Waals surface area (Å²) < 4.78 is 27.1. The molecule has 20 heavy (non-hydrogen) atoms. The molecule has 0 radical (unpaired) electrons. The average molecular weight is 298 g/mol. The molecule has 0 fully saturated rings. The van der Waals surface area contributed by atoms with E-state index in [2.05, 4.69) is 37.7 Å². The first kappa shape index (κ1) is 17.1. The molecule has 0 bridgehead atoms. The first-order valence-electron chi connectivity index (χ1n) is 6.90. The topological polar surface area (TPSA) is 58.2 Å². The van der Waals surface area contributed by atoms with Crippen LogP contribution in [0.3, 0.4) is 0 Å². The van der Waals surface area contributed by atoms with Crippen LogP contribution in [-0.2, 0) is 16.6 Å². The Morgan fingerprint density at radius 2 is 1.70 bits per heavy atom. The lowest BCUT2D eigenvalue weighted by Crippen LogP contribution is -2.33. The largest absolute Gasteiger partial charge is 0.316 e. The lowest BCUT2D eigenvalue weighted by Gasteiger charge is -2.27. The molecule has 5 heteroatoms. The van der Waals surface area contributed by atoms with Crippen LogP contribution in [0.4, 0.5) is 0 Å². The Bertz CT molecular complexity index is 516. The average Bonchev–Trinajstić information content (AvgIpc) is 2.36. The highest BCUT2D eigenvalue weighted by molar-refractivity contribution is 7.89. The monoisotopic (exact) mass is 298 g/mol. The number of hydrogen-bond donors (Lipinski definition) is 2. The third kappa shape index (κ3) is 4.89. The highest BCUT2D eigenvalue weighted by Gasteiger charge is 2.22. The molecule has 0 aliphatic heterocycles. The van der Waals surface area contributed by atoms with Gasteiger partial charge in [0.1, 0.15) is 0 Å². The molecule has 1 aromatic carbocycles. The Morgan fingerprint density at radius 1 is 1.15 bits per heavy atom. The van der Waals surface area contributed by atoms with E-state index >= 15 is 0 Å². The van der Waals surface area contributed by atoms with Gasteiger partial charge in [0.15, 0.2) is 0 Å². The normalized spacial score (nSPS) is 14.2. The van der Waals surface area contributed by atoms with E-state index in [0.29, 0.717) is 11.4 Å². The van der Waals surface area contributed by atoms with Gasteiger partial charge in [0.2, 0.25) is 10.0 Å². The predicted molar refractivity (Wildman–Crippen MR) is 83.0 cm³/mol. The van der Waals surface area contributed by atoms with Crippen LogP contribution < -0.4 is 10.0 Å². The molecule has 1 aromatic rings. The number of nitrogens with one attached hydrogen (secondary N) is 2. The first-order valence-corrected chi connectivity index (χ1v) is 8.38. The van der Waals surface area contributed by atoms with E-state index in [0.717, 1.165) is 12.1 Å². The van der Waals surface area contributed by atoms with Gasteiger partial charge < -0.3 is 5.32 Å². The van der Waals surface area contributed by atoms with Gasteiger partial charge in [0, 0.05) is 13.1 Å². The highest BCUT2D eigenvalue weighted by atomic mass is 32.2. The van der Waals surface area contributed by atoms with Gasteiger partial charge in [-0.25, -0.2) is 13.1 Å². The van der Waals surface area contributed by atoms with Crippen LogP contribution in [-0.4, -0.2) is 22.0 Å². The van der Waals surface area contributed by atoms with Crippen LogP contribution >= 0.6 is 0 Å². The maximum Gasteiger partial charge on any atom is 0.240 e. The zero-order valence-corrected chi connectivity index (χ0v) is 13.8. The Morgan fingerprint density at radius 3 is 2.15 bits per heavy atom. The van der Waals surface area contributed by atoms with E-state index in [-0.39, 0.29) is 11.3 Å². The maximum atomic E-state index is 12.2. The quantitative estimate of drug-likeness (QED) is 0.847. The van der Waals surface area contributed by atoms with Gasteiger partial charge >= 0.3 is 0 Å². The highest BCUT2D eigenvalue weighted by Crippen LogP contribution is 2.24. The third-order valence-electron chi connectivity index (χ3n) is 3.67. The first-order chi connectivity index (χ1) is 9.16. The molecule has 0 heterocycles. The summed E-state index contributed by atoms with van der Waals surface area (Å²) in [5.41, 5.74) is 1.15. The molecule has 1 atom stereocenters. The molecule has 0 saturated carbocycles. The Balaban J connectivity index is 2.74. The van der Waals surface area contributed by atoms with Gasteiger partial charge in [-0.2, -0.15) is 0 Å². The smallest absolute Gasteiger partial charge is 0.240 e. The number of rotatable bonds is 6. The third-order valence-corrected chi connectivity index (χ3v) is 5.11. The number of sulfonamides is 1. The van der Waals surface area contributed by atoms with Crippen LogP contribution in [0.5, 0.6) is 0 Å². The van der Waals surface area contributed by atoms with Crippen LogP contribution in [0.2, 0.25) is 0 Å². The summed E-state index contributed by atoms with van der Waals surface area (Å²) in [6, 6.07) is 6.96. The summed E-state index contributed by atoms with van der Waals surface area (Å²) in [6.45, 7) is 9.56. The standard InChI is InChI=1S/C15H26N2O2S/c1-12(15(2,3)4)10-17-20(18,19)14-8-6-13(7-9-14)11-16-5/h6-9,12,16-17H,10-11H2,1-5H3. The van der Waals surface area contributed by atoms with Crippen molar-refractivity contribution in [2.45, 2.75) is 39.1 Å². The molecule has 0 aliphatic carbocycles. The zero-order valence-electron chi connectivity index (χ0n) is 13.0. The minimum Gasteiger partial charge on any atom is -0.316 e. The van der Waals surface area contributed by atoms with Gasteiger partial charge in [-0.1, -0.05) is 39.8 Å². The van der Waals surface area contributed by atoms with Crippen molar-refractivity contribution in [1.82, 2.24) is 10.0 Å². The Hall–Kier alpha value is -0.910. The van der Waals surface area contributed by atoms with Crippen molar-refractivity contribution in [2.75, 3.05) is 13.6 Å². The molecule has 0 aliphatic rings. The summed E-state index contributed by atoms with van der Waals surface area (Å²) >= 11 is 0. The maximum absolute atomic E-state index is 12.2. The van der Waals surface area contributed by atoms with Gasteiger partial charge in [-0.15, -0.1) is 0 Å². The SMILES string of the molecule is CNCc1ccc(S(=O)(=O)NCC(C)C(C)(C)C)cc1. The van der Waals surface area contributed by atoms with E-state index in [1.54, 1.807) is 12.1 Å². The molecule has 4 nitrogen and oxygen atoms in total. The second kappa shape index (κ2) is 6.70. The van der Waals surface area contributed by atoms with E-state index in [9.17, 15) is 8.42 Å². The summed E-state index contributed by atoms with van der Waals surface area (Å²) in [4.78, 5) is 0.318. The van der Waals surface area contributed by atoms with Gasteiger partial charge in [-0.05, 0) is 36.1 Å². The van der Waals surface area contributed by atoms with E-state index < -0.39 is 10.0 Å². The minimum absolute atomic E-state index is 0.0825. The van der Waals surface area contributed by atoms with Crippen LogP contribution in [0.25, 0.3) is 0 Å². The van der Waals surface area contributed by atoms with Crippen molar-refractivity contribution >= 4 is 10.0 Å². The van der Waals surface area contributed by atoms with Gasteiger partial charge in [-0.3, -0.25) is 0 Å². The second-order valence-corrected chi connectivity index (χ2v) is 8.06. The summed E-state index contributed by atoms with van der Waals surface area (Å²) in [6.07, 6.45) is 0. The lowest BCUT2D eigenvalue weighted by atomic mass is 9.82. The Kier molecular flexibility index (Phi) is 5.74. The fraction of sp³-hybridized carbons (Fsp3) is 0.600. The Labute approximate surface area is 123 Å². The number of hydrogen-bond acceptors (Lipinski definition) is 3. The molecule has 0 aromatic heterocycles. The molecule has 0 amide bonds. The molecule has 0 saturated heterocycles. The molecule has 1 rings (SSSR count). The summed E-state index contributed by atoms with van der Waals surface area (Å²) in [5, 5.41) is 3.03. The van der Waals surface area contributed by atoms with Crippen molar-refractivity contribution in [3.63, 3.8) is 0 Å². The van der Waals surface area contributed by atoms with E-state index in [4.69, 9.17) is 0 Å². The van der Waals surface area contributed by atoms with Crippen molar-refractivity contribution in [3.05, 3.63) is 29.8 Å².